The van der Waals surface area contributed by atoms with Crippen LogP contribution in [0.25, 0.3) is 10.9 Å². The summed E-state index contributed by atoms with van der Waals surface area (Å²) in [6.45, 7) is 0.0534. The minimum absolute atomic E-state index is 0. The lowest BCUT2D eigenvalue weighted by molar-refractivity contribution is -0.138. The lowest BCUT2D eigenvalue weighted by atomic mass is 9.91. The van der Waals surface area contributed by atoms with Gasteiger partial charge in [0.25, 0.3) is 0 Å². The first-order valence-corrected chi connectivity index (χ1v) is 11.0. The maximum atomic E-state index is 13.3. The number of nitrogens with zero attached hydrogens (tertiary/aromatic N) is 3. The van der Waals surface area contributed by atoms with Gasteiger partial charge in [-0.3, -0.25) is 0 Å². The molecular formula is C25H31F4N5. The van der Waals surface area contributed by atoms with Crippen LogP contribution in [0.1, 0.15) is 44.2 Å². The maximum absolute atomic E-state index is 13.3. The van der Waals surface area contributed by atoms with Gasteiger partial charge in [-0.2, -0.15) is 18.2 Å². The molecule has 9 heteroatoms. The van der Waals surface area contributed by atoms with E-state index in [9.17, 15) is 17.6 Å². The maximum Gasteiger partial charge on any atom is 0.416 e. The van der Waals surface area contributed by atoms with Crippen molar-refractivity contribution in [2.75, 3.05) is 24.3 Å². The van der Waals surface area contributed by atoms with Gasteiger partial charge < -0.3 is 15.5 Å². The second-order valence-corrected chi connectivity index (χ2v) is 8.66. The molecule has 0 spiro atoms. The van der Waals surface area contributed by atoms with E-state index in [1.165, 1.54) is 6.07 Å². The molecule has 0 bridgehead atoms. The molecule has 0 saturated heterocycles. The molecule has 2 N–H and O–H groups in total. The third-order valence-corrected chi connectivity index (χ3v) is 6.03. The number of hydrogen-bond donors (Lipinski definition) is 2. The van der Waals surface area contributed by atoms with Gasteiger partial charge in [-0.15, -0.1) is 0 Å². The summed E-state index contributed by atoms with van der Waals surface area (Å²) in [6, 6.07) is 11.0. The molecule has 1 fully saturated rings. The van der Waals surface area contributed by atoms with E-state index in [1.54, 1.807) is 0 Å². The molecule has 4 rings (SSSR count). The van der Waals surface area contributed by atoms with E-state index in [2.05, 4.69) is 20.6 Å². The van der Waals surface area contributed by atoms with Crippen LogP contribution in [-0.4, -0.2) is 36.1 Å². The summed E-state index contributed by atoms with van der Waals surface area (Å²) >= 11 is 0. The molecule has 0 atom stereocenters. The van der Waals surface area contributed by atoms with Gasteiger partial charge in [-0.25, -0.2) is 9.37 Å². The van der Waals surface area contributed by atoms with Gasteiger partial charge in [-0.1, -0.05) is 25.6 Å². The fraction of sp³-hybridized carbons (Fsp3) is 0.440. The van der Waals surface area contributed by atoms with Crippen molar-refractivity contribution >= 4 is 22.7 Å². The standard InChI is InChI=1S/C24H27F4N5.CH4/c1-33(2)22-19-5-3-4-6-21(19)31-23(32-22)30-18-11-9-17(10-12-18)29-14-15-7-8-16(25)13-20(15)24(26,27)28;/h3-8,13,17-18,29H,9-12,14H2,1-2H3,(H,30,31,32);1H4. The van der Waals surface area contributed by atoms with Gasteiger partial charge in [0, 0.05) is 38.1 Å². The molecule has 0 unspecified atom stereocenters. The third-order valence-electron chi connectivity index (χ3n) is 6.03. The highest BCUT2D eigenvalue weighted by atomic mass is 19.4. The van der Waals surface area contributed by atoms with Crippen LogP contribution < -0.4 is 15.5 Å². The van der Waals surface area contributed by atoms with Gasteiger partial charge >= 0.3 is 6.18 Å². The van der Waals surface area contributed by atoms with Crippen LogP contribution in [0.15, 0.2) is 42.5 Å². The molecule has 2 aromatic carbocycles. The number of benzene rings is 2. The lowest BCUT2D eigenvalue weighted by Gasteiger charge is -2.30. The number of anilines is 2. The number of rotatable bonds is 6. The van der Waals surface area contributed by atoms with E-state index in [0.717, 1.165) is 48.5 Å². The first-order chi connectivity index (χ1) is 15.7. The summed E-state index contributed by atoms with van der Waals surface area (Å²) in [5.41, 5.74) is 0.00856. The summed E-state index contributed by atoms with van der Waals surface area (Å²) in [5.74, 6) is 0.541. The monoisotopic (exact) mass is 477 g/mol. The number of fused-ring (bicyclic) bond motifs is 1. The van der Waals surface area contributed by atoms with Crippen molar-refractivity contribution in [3.8, 4) is 0 Å². The first-order valence-electron chi connectivity index (χ1n) is 11.0. The van der Waals surface area contributed by atoms with Crippen LogP contribution in [-0.2, 0) is 12.7 Å². The molecule has 0 aliphatic heterocycles. The van der Waals surface area contributed by atoms with Crippen LogP contribution in [0.4, 0.5) is 29.3 Å². The first kappa shape index (κ1) is 25.7. The summed E-state index contributed by atoms with van der Waals surface area (Å²) in [7, 11) is 3.89. The molecule has 5 nitrogen and oxygen atoms in total. The molecule has 3 aromatic rings. The Hall–Kier alpha value is -2.94. The predicted octanol–water partition coefficient (Wildman–Crippen LogP) is 6.00. The molecule has 1 aliphatic rings. The Morgan fingerprint density at radius 3 is 2.32 bits per heavy atom. The van der Waals surface area contributed by atoms with E-state index < -0.39 is 17.6 Å². The Balaban J connectivity index is 0.00000324. The van der Waals surface area contributed by atoms with Crippen molar-refractivity contribution in [1.29, 1.82) is 0 Å². The van der Waals surface area contributed by atoms with E-state index >= 15 is 0 Å². The van der Waals surface area contributed by atoms with Crippen molar-refractivity contribution < 1.29 is 17.6 Å². The topological polar surface area (TPSA) is 53.1 Å². The molecule has 1 aliphatic carbocycles. The summed E-state index contributed by atoms with van der Waals surface area (Å²) in [4.78, 5) is 11.3. The fourth-order valence-corrected chi connectivity index (χ4v) is 4.31. The quantitative estimate of drug-likeness (QED) is 0.427. The van der Waals surface area contributed by atoms with Crippen LogP contribution >= 0.6 is 0 Å². The molecule has 1 heterocycles. The average Bonchev–Trinajstić information content (AvgIpc) is 2.78. The zero-order chi connectivity index (χ0) is 23.6. The number of halogens is 4. The normalized spacial score (nSPS) is 18.4. The largest absolute Gasteiger partial charge is 0.416 e. The summed E-state index contributed by atoms with van der Waals surface area (Å²) < 4.78 is 52.9. The average molecular weight is 478 g/mol. The van der Waals surface area contributed by atoms with Crippen molar-refractivity contribution in [3.63, 3.8) is 0 Å². The summed E-state index contributed by atoms with van der Waals surface area (Å²) in [6.07, 6.45) is -1.25. The molecule has 1 aromatic heterocycles. The Bertz CT molecular complexity index is 1110. The van der Waals surface area contributed by atoms with Crippen LogP contribution in [0.2, 0.25) is 0 Å². The smallest absolute Gasteiger partial charge is 0.362 e. The van der Waals surface area contributed by atoms with Gasteiger partial charge in [0.1, 0.15) is 11.6 Å². The van der Waals surface area contributed by atoms with E-state index in [0.29, 0.717) is 12.0 Å². The minimum atomic E-state index is -4.58. The molecular weight excluding hydrogens is 446 g/mol. The molecule has 34 heavy (non-hydrogen) atoms. The number of para-hydroxylation sites is 1. The lowest BCUT2D eigenvalue weighted by Crippen LogP contribution is -2.37. The van der Waals surface area contributed by atoms with Gasteiger partial charge in [0.05, 0.1) is 11.1 Å². The van der Waals surface area contributed by atoms with Crippen molar-refractivity contribution in [2.24, 2.45) is 0 Å². The van der Waals surface area contributed by atoms with Crippen LogP contribution in [0, 0.1) is 5.82 Å². The van der Waals surface area contributed by atoms with Gasteiger partial charge in [-0.05, 0) is 55.5 Å². The highest BCUT2D eigenvalue weighted by Crippen LogP contribution is 2.33. The molecule has 0 amide bonds. The second-order valence-electron chi connectivity index (χ2n) is 8.66. The molecule has 0 radical (unpaired) electrons. The van der Waals surface area contributed by atoms with E-state index in [1.807, 2.05) is 43.3 Å². The molecule has 184 valence electrons. The SMILES string of the molecule is C.CN(C)c1nc(NC2CCC(NCc3ccc(F)cc3C(F)(F)F)CC2)nc2ccccc12. The van der Waals surface area contributed by atoms with E-state index in [4.69, 9.17) is 0 Å². The Kier molecular flexibility index (Phi) is 7.97. The number of nitrogens with one attached hydrogen (secondary N) is 2. The Morgan fingerprint density at radius 1 is 0.971 bits per heavy atom. The van der Waals surface area contributed by atoms with Crippen LogP contribution in [0.5, 0.6) is 0 Å². The highest BCUT2D eigenvalue weighted by Gasteiger charge is 2.34. The van der Waals surface area contributed by atoms with E-state index in [-0.39, 0.29) is 31.6 Å². The zero-order valence-corrected chi connectivity index (χ0v) is 18.6. The highest BCUT2D eigenvalue weighted by molar-refractivity contribution is 5.90. The number of aromatic nitrogens is 2. The Labute approximate surface area is 197 Å². The van der Waals surface area contributed by atoms with Gasteiger partial charge in [0.15, 0.2) is 0 Å². The Morgan fingerprint density at radius 2 is 1.65 bits per heavy atom. The second kappa shape index (κ2) is 10.5. The van der Waals surface area contributed by atoms with Crippen molar-refractivity contribution in [3.05, 3.63) is 59.4 Å². The number of alkyl halides is 3. The van der Waals surface area contributed by atoms with Gasteiger partial charge in [0.2, 0.25) is 5.95 Å². The van der Waals surface area contributed by atoms with Crippen molar-refractivity contribution in [1.82, 2.24) is 15.3 Å². The van der Waals surface area contributed by atoms with Crippen LogP contribution in [0.3, 0.4) is 0 Å². The third kappa shape index (κ3) is 5.94. The predicted molar refractivity (Wildman–Crippen MR) is 129 cm³/mol. The van der Waals surface area contributed by atoms with Crippen molar-refractivity contribution in [2.45, 2.75) is 57.9 Å². The number of hydrogen-bond acceptors (Lipinski definition) is 5. The molecule has 1 saturated carbocycles. The summed E-state index contributed by atoms with van der Waals surface area (Å²) in [5, 5.41) is 7.63. The minimum Gasteiger partial charge on any atom is -0.362 e. The zero-order valence-electron chi connectivity index (χ0n) is 18.6. The fourth-order valence-electron chi connectivity index (χ4n) is 4.31.